The second-order valence-corrected chi connectivity index (χ2v) is 4.95. The van der Waals surface area contributed by atoms with Gasteiger partial charge in [-0.15, -0.1) is 0 Å². The normalized spacial score (nSPS) is 11.8. The van der Waals surface area contributed by atoms with E-state index in [1.54, 1.807) is 55.6 Å². The van der Waals surface area contributed by atoms with Crippen molar-refractivity contribution in [3.8, 4) is 5.75 Å². The maximum absolute atomic E-state index is 12.0. The van der Waals surface area contributed by atoms with Gasteiger partial charge >= 0.3 is 0 Å². The van der Waals surface area contributed by atoms with Crippen LogP contribution in [0.1, 0.15) is 22.0 Å². The molecule has 0 bridgehead atoms. The molecule has 1 amide bonds. The van der Waals surface area contributed by atoms with Gasteiger partial charge in [-0.1, -0.05) is 29.8 Å². The minimum Gasteiger partial charge on any atom is -0.497 e. The van der Waals surface area contributed by atoms with E-state index in [0.29, 0.717) is 21.9 Å². The molecule has 21 heavy (non-hydrogen) atoms. The lowest BCUT2D eigenvalue weighted by Crippen LogP contribution is -2.28. The van der Waals surface area contributed by atoms with Crippen LogP contribution < -0.4 is 10.1 Å². The summed E-state index contributed by atoms with van der Waals surface area (Å²) in [5.74, 6) is 0.382. The van der Waals surface area contributed by atoms with Crippen LogP contribution in [-0.4, -0.2) is 24.7 Å². The number of carbonyl (C=O) groups is 1. The fraction of sp³-hybridized carbons (Fsp3) is 0.188. The van der Waals surface area contributed by atoms with Gasteiger partial charge in [0.25, 0.3) is 5.91 Å². The SMILES string of the molecule is COc1cccc(C(O)CNC(=O)c2cccc(Cl)c2)c1. The minimum atomic E-state index is -0.803. The molecule has 2 aromatic rings. The highest BCUT2D eigenvalue weighted by atomic mass is 35.5. The summed E-state index contributed by atoms with van der Waals surface area (Å²) in [6.45, 7) is 0.110. The number of hydrogen-bond acceptors (Lipinski definition) is 3. The summed E-state index contributed by atoms with van der Waals surface area (Å²) >= 11 is 5.84. The molecule has 5 heteroatoms. The average molecular weight is 306 g/mol. The first-order valence-electron chi connectivity index (χ1n) is 6.46. The van der Waals surface area contributed by atoms with Crippen LogP contribution >= 0.6 is 11.6 Å². The van der Waals surface area contributed by atoms with E-state index in [0.717, 1.165) is 0 Å². The third-order valence-electron chi connectivity index (χ3n) is 3.02. The molecule has 0 radical (unpaired) electrons. The Hall–Kier alpha value is -2.04. The monoisotopic (exact) mass is 305 g/mol. The predicted octanol–water partition coefficient (Wildman–Crippen LogP) is 2.81. The van der Waals surface area contributed by atoms with E-state index in [4.69, 9.17) is 16.3 Å². The van der Waals surface area contributed by atoms with Crippen molar-refractivity contribution in [2.24, 2.45) is 0 Å². The zero-order valence-electron chi connectivity index (χ0n) is 11.5. The Bertz CT molecular complexity index is 630. The van der Waals surface area contributed by atoms with E-state index < -0.39 is 6.10 Å². The van der Waals surface area contributed by atoms with Crippen LogP contribution in [0.15, 0.2) is 48.5 Å². The molecular weight excluding hydrogens is 290 g/mol. The zero-order valence-corrected chi connectivity index (χ0v) is 12.3. The van der Waals surface area contributed by atoms with E-state index in [9.17, 15) is 9.90 Å². The number of amides is 1. The van der Waals surface area contributed by atoms with E-state index in [2.05, 4.69) is 5.32 Å². The van der Waals surface area contributed by atoms with Gasteiger partial charge in [0, 0.05) is 17.1 Å². The highest BCUT2D eigenvalue weighted by Crippen LogP contribution is 2.18. The molecule has 1 atom stereocenters. The molecule has 0 spiro atoms. The fourth-order valence-electron chi connectivity index (χ4n) is 1.89. The minimum absolute atomic E-state index is 0.110. The van der Waals surface area contributed by atoms with Crippen LogP contribution in [0.3, 0.4) is 0 Å². The number of halogens is 1. The van der Waals surface area contributed by atoms with Crippen molar-refractivity contribution >= 4 is 17.5 Å². The van der Waals surface area contributed by atoms with Crippen molar-refractivity contribution < 1.29 is 14.6 Å². The van der Waals surface area contributed by atoms with Gasteiger partial charge in [-0.25, -0.2) is 0 Å². The fourth-order valence-corrected chi connectivity index (χ4v) is 2.08. The first-order chi connectivity index (χ1) is 10.1. The maximum Gasteiger partial charge on any atom is 0.251 e. The van der Waals surface area contributed by atoms with Gasteiger partial charge in [0.15, 0.2) is 0 Å². The number of methoxy groups -OCH3 is 1. The van der Waals surface area contributed by atoms with E-state index in [-0.39, 0.29) is 12.5 Å². The number of rotatable bonds is 5. The van der Waals surface area contributed by atoms with E-state index in [1.165, 1.54) is 0 Å². The average Bonchev–Trinajstić information content (AvgIpc) is 2.52. The summed E-state index contributed by atoms with van der Waals surface area (Å²) in [6, 6.07) is 13.7. The molecule has 0 aromatic heterocycles. The Kier molecular flexibility index (Phi) is 5.20. The molecule has 0 aliphatic rings. The molecule has 2 aromatic carbocycles. The third kappa shape index (κ3) is 4.21. The van der Waals surface area contributed by atoms with Gasteiger partial charge < -0.3 is 15.2 Å². The molecule has 1 unspecified atom stereocenters. The number of aliphatic hydroxyl groups excluding tert-OH is 1. The number of ether oxygens (including phenoxy) is 1. The van der Waals surface area contributed by atoms with Crippen molar-refractivity contribution in [2.75, 3.05) is 13.7 Å². The Balaban J connectivity index is 1.97. The molecule has 110 valence electrons. The molecule has 0 aliphatic carbocycles. The van der Waals surface area contributed by atoms with Crippen molar-refractivity contribution in [1.29, 1.82) is 0 Å². The number of aliphatic hydroxyl groups is 1. The summed E-state index contributed by atoms with van der Waals surface area (Å²) in [5, 5.41) is 13.3. The van der Waals surface area contributed by atoms with Crippen LogP contribution in [0.25, 0.3) is 0 Å². The molecule has 4 nitrogen and oxygen atoms in total. The molecule has 0 saturated carbocycles. The van der Waals surface area contributed by atoms with Crippen molar-refractivity contribution in [3.05, 3.63) is 64.7 Å². The van der Waals surface area contributed by atoms with Gasteiger partial charge in [-0.3, -0.25) is 4.79 Å². The molecule has 0 aliphatic heterocycles. The molecule has 2 rings (SSSR count). The van der Waals surface area contributed by atoms with Gasteiger partial charge in [0.1, 0.15) is 5.75 Å². The van der Waals surface area contributed by atoms with Crippen molar-refractivity contribution in [3.63, 3.8) is 0 Å². The van der Waals surface area contributed by atoms with Crippen LogP contribution in [0.2, 0.25) is 5.02 Å². The molecule has 2 N–H and O–H groups in total. The van der Waals surface area contributed by atoms with Gasteiger partial charge in [-0.2, -0.15) is 0 Å². The second kappa shape index (κ2) is 7.11. The number of carbonyl (C=O) groups excluding carboxylic acids is 1. The second-order valence-electron chi connectivity index (χ2n) is 4.51. The first-order valence-corrected chi connectivity index (χ1v) is 6.83. The largest absolute Gasteiger partial charge is 0.497 e. The summed E-state index contributed by atoms with van der Waals surface area (Å²) in [7, 11) is 1.56. The lowest BCUT2D eigenvalue weighted by atomic mass is 10.1. The highest BCUT2D eigenvalue weighted by molar-refractivity contribution is 6.30. The Labute approximate surface area is 128 Å². The summed E-state index contributed by atoms with van der Waals surface area (Å²) in [4.78, 5) is 12.0. The van der Waals surface area contributed by atoms with Crippen LogP contribution in [0.5, 0.6) is 5.75 Å². The number of nitrogens with one attached hydrogen (secondary N) is 1. The zero-order chi connectivity index (χ0) is 15.2. The first kappa shape index (κ1) is 15.4. The highest BCUT2D eigenvalue weighted by Gasteiger charge is 2.11. The molecule has 0 heterocycles. The smallest absolute Gasteiger partial charge is 0.251 e. The van der Waals surface area contributed by atoms with E-state index >= 15 is 0 Å². The van der Waals surface area contributed by atoms with Crippen molar-refractivity contribution in [1.82, 2.24) is 5.32 Å². The lowest BCUT2D eigenvalue weighted by Gasteiger charge is -2.13. The Morgan fingerprint density at radius 2 is 2.05 bits per heavy atom. The number of hydrogen-bond donors (Lipinski definition) is 2. The van der Waals surface area contributed by atoms with Crippen LogP contribution in [0, 0.1) is 0 Å². The van der Waals surface area contributed by atoms with Crippen LogP contribution in [-0.2, 0) is 0 Å². The summed E-state index contributed by atoms with van der Waals surface area (Å²) in [6.07, 6.45) is -0.803. The summed E-state index contributed by atoms with van der Waals surface area (Å²) < 4.78 is 5.10. The molecule has 0 saturated heterocycles. The third-order valence-corrected chi connectivity index (χ3v) is 3.26. The Morgan fingerprint density at radius 3 is 2.76 bits per heavy atom. The van der Waals surface area contributed by atoms with Gasteiger partial charge in [0.05, 0.1) is 13.2 Å². The topological polar surface area (TPSA) is 58.6 Å². The van der Waals surface area contributed by atoms with Gasteiger partial charge in [0.2, 0.25) is 0 Å². The van der Waals surface area contributed by atoms with Gasteiger partial charge in [-0.05, 0) is 35.9 Å². The van der Waals surface area contributed by atoms with Crippen molar-refractivity contribution in [2.45, 2.75) is 6.10 Å². The van der Waals surface area contributed by atoms with E-state index in [1.807, 2.05) is 0 Å². The molecular formula is C16H16ClNO3. The van der Waals surface area contributed by atoms with Crippen LogP contribution in [0.4, 0.5) is 0 Å². The Morgan fingerprint density at radius 1 is 1.29 bits per heavy atom. The standard InChI is InChI=1S/C16H16ClNO3/c1-21-14-7-3-4-11(9-14)15(19)10-18-16(20)12-5-2-6-13(17)8-12/h2-9,15,19H,10H2,1H3,(H,18,20). The number of benzene rings is 2. The quantitative estimate of drug-likeness (QED) is 0.893. The maximum atomic E-state index is 12.0. The molecule has 0 fully saturated rings. The predicted molar refractivity (Wildman–Crippen MR) is 81.7 cm³/mol. The lowest BCUT2D eigenvalue weighted by molar-refractivity contribution is 0.0916. The summed E-state index contributed by atoms with van der Waals surface area (Å²) in [5.41, 5.74) is 1.14.